The summed E-state index contributed by atoms with van der Waals surface area (Å²) in [5.41, 5.74) is 8.96. The summed E-state index contributed by atoms with van der Waals surface area (Å²) < 4.78 is 8.43. The number of ether oxygens (including phenoxy) is 1. The Morgan fingerprint density at radius 3 is 2.75 bits per heavy atom. The van der Waals surface area contributed by atoms with Crippen LogP contribution >= 0.6 is 22.6 Å². The van der Waals surface area contributed by atoms with Gasteiger partial charge < -0.3 is 10.5 Å². The number of nitrogens with zero attached hydrogens (tertiary/aromatic N) is 3. The number of aromatic nitrogens is 2. The van der Waals surface area contributed by atoms with Crippen molar-refractivity contribution < 1.29 is 4.74 Å². The fraction of sp³-hybridized carbons (Fsp3) is 0.286. The minimum Gasteiger partial charge on any atom is -0.484 e. The van der Waals surface area contributed by atoms with Gasteiger partial charge in [-0.1, -0.05) is 6.92 Å². The molecule has 0 radical (unpaired) electrons. The van der Waals surface area contributed by atoms with Crippen LogP contribution in [0.5, 0.6) is 5.75 Å². The Labute approximate surface area is 131 Å². The molecule has 0 aliphatic rings. The number of nitrogen functional groups attached to an aromatic ring is 1. The van der Waals surface area contributed by atoms with Crippen molar-refractivity contribution in [1.82, 2.24) is 9.78 Å². The second-order valence-corrected chi connectivity index (χ2v) is 5.54. The summed E-state index contributed by atoms with van der Waals surface area (Å²) in [6, 6.07) is 7.48. The molecule has 0 aliphatic heterocycles. The van der Waals surface area contributed by atoms with Crippen LogP contribution in [0.2, 0.25) is 0 Å². The van der Waals surface area contributed by atoms with Gasteiger partial charge in [-0.2, -0.15) is 10.4 Å². The van der Waals surface area contributed by atoms with E-state index in [0.717, 1.165) is 21.4 Å². The lowest BCUT2D eigenvalue weighted by molar-refractivity contribution is 0.294. The smallest absolute Gasteiger partial charge is 0.156 e. The minimum atomic E-state index is 0.398. The number of halogens is 1. The molecule has 0 amide bonds. The summed E-state index contributed by atoms with van der Waals surface area (Å²) in [5, 5.41) is 13.3. The van der Waals surface area contributed by atoms with E-state index in [1.54, 1.807) is 12.1 Å². The summed E-state index contributed by atoms with van der Waals surface area (Å²) >= 11 is 2.12. The number of aryl methyl sites for hydroxylation is 2. The molecule has 0 spiro atoms. The molecule has 1 heterocycles. The molecule has 5 nitrogen and oxygen atoms in total. The zero-order chi connectivity index (χ0) is 14.7. The fourth-order valence-corrected chi connectivity index (χ4v) is 2.66. The topological polar surface area (TPSA) is 76.9 Å². The Morgan fingerprint density at radius 2 is 2.20 bits per heavy atom. The largest absolute Gasteiger partial charge is 0.484 e. The van der Waals surface area contributed by atoms with Gasteiger partial charge in [0.05, 0.1) is 32.3 Å². The third-order valence-corrected chi connectivity index (χ3v) is 3.76. The SMILES string of the molecule is CCc1cc(COc2c(N)cc(C#N)cc2I)n(C)n1. The van der Waals surface area contributed by atoms with E-state index < -0.39 is 0 Å². The molecule has 1 aromatic carbocycles. The standard InChI is InChI=1S/C14H15IN4O/c1-3-10-6-11(19(2)18-10)8-20-14-12(15)4-9(7-16)5-13(14)17/h4-6H,3,8,17H2,1-2H3. The average Bonchev–Trinajstić information content (AvgIpc) is 2.78. The Bertz CT molecular complexity index is 649. The molecular weight excluding hydrogens is 367 g/mol. The average molecular weight is 382 g/mol. The Balaban J connectivity index is 2.19. The lowest BCUT2D eigenvalue weighted by atomic mass is 10.2. The fourth-order valence-electron chi connectivity index (χ4n) is 1.86. The van der Waals surface area contributed by atoms with Crippen LogP contribution in [0, 0.1) is 14.9 Å². The first-order valence-corrected chi connectivity index (χ1v) is 7.26. The summed E-state index contributed by atoms with van der Waals surface area (Å²) in [5.74, 6) is 0.615. The monoisotopic (exact) mass is 382 g/mol. The van der Waals surface area contributed by atoms with E-state index in [1.807, 2.05) is 17.8 Å². The second kappa shape index (κ2) is 6.13. The van der Waals surface area contributed by atoms with Crippen molar-refractivity contribution >= 4 is 28.3 Å². The Morgan fingerprint density at radius 1 is 1.45 bits per heavy atom. The molecule has 6 heteroatoms. The Kier molecular flexibility index (Phi) is 4.49. The van der Waals surface area contributed by atoms with Gasteiger partial charge in [0.15, 0.2) is 5.75 Å². The van der Waals surface area contributed by atoms with Crippen molar-refractivity contribution in [3.63, 3.8) is 0 Å². The van der Waals surface area contributed by atoms with Crippen LogP contribution in [0.3, 0.4) is 0 Å². The molecule has 0 fully saturated rings. The maximum atomic E-state index is 8.89. The van der Waals surface area contributed by atoms with Crippen LogP contribution in [-0.4, -0.2) is 9.78 Å². The number of hydrogen-bond acceptors (Lipinski definition) is 4. The van der Waals surface area contributed by atoms with Crippen LogP contribution < -0.4 is 10.5 Å². The predicted octanol–water partition coefficient (Wildman–Crippen LogP) is 2.62. The van der Waals surface area contributed by atoms with Crippen molar-refractivity contribution in [2.45, 2.75) is 20.0 Å². The first-order chi connectivity index (χ1) is 9.55. The van der Waals surface area contributed by atoms with Gasteiger partial charge in [-0.05, 0) is 47.2 Å². The highest BCUT2D eigenvalue weighted by atomic mass is 127. The molecule has 104 valence electrons. The summed E-state index contributed by atoms with van der Waals surface area (Å²) in [6.45, 7) is 2.46. The third-order valence-electron chi connectivity index (χ3n) is 2.96. The van der Waals surface area contributed by atoms with Gasteiger partial charge in [0.25, 0.3) is 0 Å². The van der Waals surface area contributed by atoms with Crippen LogP contribution in [0.25, 0.3) is 0 Å². The molecule has 0 bridgehead atoms. The second-order valence-electron chi connectivity index (χ2n) is 4.38. The van der Waals surface area contributed by atoms with Gasteiger partial charge in [0, 0.05) is 7.05 Å². The van der Waals surface area contributed by atoms with Gasteiger partial charge >= 0.3 is 0 Å². The molecule has 0 saturated carbocycles. The number of rotatable bonds is 4. The zero-order valence-corrected chi connectivity index (χ0v) is 13.5. The molecule has 2 N–H and O–H groups in total. The molecule has 0 unspecified atom stereocenters. The molecule has 0 saturated heterocycles. The van der Waals surface area contributed by atoms with Gasteiger partial charge in [0.1, 0.15) is 6.61 Å². The van der Waals surface area contributed by atoms with Gasteiger partial charge in [-0.25, -0.2) is 0 Å². The van der Waals surface area contributed by atoms with Crippen molar-refractivity contribution in [1.29, 1.82) is 5.26 Å². The zero-order valence-electron chi connectivity index (χ0n) is 11.4. The van der Waals surface area contributed by atoms with Crippen LogP contribution in [-0.2, 0) is 20.1 Å². The summed E-state index contributed by atoms with van der Waals surface area (Å²) in [7, 11) is 1.89. The van der Waals surface area contributed by atoms with Crippen molar-refractivity contribution in [3.8, 4) is 11.8 Å². The third kappa shape index (κ3) is 3.04. The van der Waals surface area contributed by atoms with Crippen LogP contribution in [0.15, 0.2) is 18.2 Å². The maximum Gasteiger partial charge on any atom is 0.156 e. The van der Waals surface area contributed by atoms with Gasteiger partial charge in [-0.15, -0.1) is 0 Å². The van der Waals surface area contributed by atoms with E-state index in [2.05, 4.69) is 40.7 Å². The number of nitrogens with two attached hydrogens (primary N) is 1. The number of benzene rings is 1. The van der Waals surface area contributed by atoms with E-state index in [9.17, 15) is 0 Å². The highest BCUT2D eigenvalue weighted by Crippen LogP contribution is 2.30. The number of anilines is 1. The van der Waals surface area contributed by atoms with Gasteiger partial charge in [0.2, 0.25) is 0 Å². The first-order valence-electron chi connectivity index (χ1n) is 6.18. The quantitative estimate of drug-likeness (QED) is 0.652. The van der Waals surface area contributed by atoms with E-state index in [0.29, 0.717) is 23.6 Å². The van der Waals surface area contributed by atoms with Crippen molar-refractivity contribution in [2.24, 2.45) is 7.05 Å². The normalized spacial score (nSPS) is 10.3. The van der Waals surface area contributed by atoms with E-state index in [4.69, 9.17) is 15.7 Å². The van der Waals surface area contributed by atoms with Crippen molar-refractivity contribution in [2.75, 3.05) is 5.73 Å². The lowest BCUT2D eigenvalue weighted by Gasteiger charge is -2.11. The first kappa shape index (κ1) is 14.7. The highest BCUT2D eigenvalue weighted by molar-refractivity contribution is 14.1. The molecule has 1 aromatic heterocycles. The molecule has 0 atom stereocenters. The van der Waals surface area contributed by atoms with E-state index >= 15 is 0 Å². The van der Waals surface area contributed by atoms with E-state index in [-0.39, 0.29) is 0 Å². The van der Waals surface area contributed by atoms with Crippen LogP contribution in [0.4, 0.5) is 5.69 Å². The predicted molar refractivity (Wildman–Crippen MR) is 85.2 cm³/mol. The number of nitriles is 1. The maximum absolute atomic E-state index is 8.89. The Hall–Kier alpha value is -1.75. The molecular formula is C14H15IN4O. The van der Waals surface area contributed by atoms with Gasteiger partial charge in [-0.3, -0.25) is 4.68 Å². The molecule has 20 heavy (non-hydrogen) atoms. The minimum absolute atomic E-state index is 0.398. The highest BCUT2D eigenvalue weighted by Gasteiger charge is 2.10. The number of hydrogen-bond donors (Lipinski definition) is 1. The molecule has 2 rings (SSSR count). The molecule has 0 aliphatic carbocycles. The van der Waals surface area contributed by atoms with Crippen LogP contribution in [0.1, 0.15) is 23.9 Å². The summed E-state index contributed by atoms with van der Waals surface area (Å²) in [6.07, 6.45) is 0.893. The van der Waals surface area contributed by atoms with Crippen molar-refractivity contribution in [3.05, 3.63) is 38.7 Å². The summed E-state index contributed by atoms with van der Waals surface area (Å²) in [4.78, 5) is 0. The van der Waals surface area contributed by atoms with E-state index in [1.165, 1.54) is 0 Å². The lowest BCUT2D eigenvalue weighted by Crippen LogP contribution is -2.05. The molecule has 2 aromatic rings.